The Bertz CT molecular complexity index is 1480. The molecule has 0 saturated carbocycles. The maximum atomic E-state index is 13.3. The van der Waals surface area contributed by atoms with E-state index in [-0.39, 0.29) is 0 Å². The fourth-order valence-electron chi connectivity index (χ4n) is 5.65. The van der Waals surface area contributed by atoms with Gasteiger partial charge in [0.25, 0.3) is 5.91 Å². The van der Waals surface area contributed by atoms with Crippen molar-refractivity contribution in [3.05, 3.63) is 64.5 Å². The molecule has 4 heterocycles. The van der Waals surface area contributed by atoms with Crippen LogP contribution >= 0.6 is 15.9 Å². The summed E-state index contributed by atoms with van der Waals surface area (Å²) in [5.41, 5.74) is 3.20. The number of halogens is 2. The molecule has 11 heteroatoms. The Balaban J connectivity index is 0.000000408. The SMILES string of the molecule is C=C(F)C(=O)N1CCN(c2nc(OC)nc3c2CCN(c2cccc4cccc(Br)c24)C3)CC1.CC#N.CN1CCCC1. The molecule has 0 aliphatic carbocycles. The molecule has 1 amide bonds. The fraction of sp³-hybridized carbons (Fsp3) is 0.438. The maximum absolute atomic E-state index is 13.3. The second kappa shape index (κ2) is 15.1. The lowest BCUT2D eigenvalue weighted by Crippen LogP contribution is -2.49. The minimum atomic E-state index is -0.922. The first-order valence-electron chi connectivity index (χ1n) is 14.5. The van der Waals surface area contributed by atoms with Gasteiger partial charge in [-0.05, 0) is 56.9 Å². The van der Waals surface area contributed by atoms with Crippen molar-refractivity contribution < 1.29 is 13.9 Å². The van der Waals surface area contributed by atoms with Gasteiger partial charge in [-0.1, -0.05) is 46.8 Å². The van der Waals surface area contributed by atoms with Gasteiger partial charge in [-0.25, -0.2) is 4.39 Å². The van der Waals surface area contributed by atoms with Gasteiger partial charge < -0.3 is 24.3 Å². The lowest BCUT2D eigenvalue weighted by molar-refractivity contribution is -0.128. The monoisotopic (exact) mass is 651 g/mol. The van der Waals surface area contributed by atoms with Crippen molar-refractivity contribution in [1.29, 1.82) is 5.26 Å². The molecule has 3 aliphatic heterocycles. The van der Waals surface area contributed by atoms with E-state index in [1.807, 2.05) is 6.07 Å². The number of nitrogens with zero attached hydrogens (tertiary/aromatic N) is 7. The molecule has 2 saturated heterocycles. The quantitative estimate of drug-likeness (QED) is 0.350. The summed E-state index contributed by atoms with van der Waals surface area (Å²) in [6, 6.07) is 14.6. The van der Waals surface area contributed by atoms with E-state index in [2.05, 4.69) is 79.6 Å². The molecule has 0 N–H and O–H groups in total. The molecule has 0 atom stereocenters. The summed E-state index contributed by atoms with van der Waals surface area (Å²) < 4.78 is 19.8. The van der Waals surface area contributed by atoms with Crippen molar-refractivity contribution in [2.75, 3.05) is 69.8 Å². The van der Waals surface area contributed by atoms with Crippen LogP contribution in [0.3, 0.4) is 0 Å². The molecule has 9 nitrogen and oxygen atoms in total. The summed E-state index contributed by atoms with van der Waals surface area (Å²) in [7, 11) is 3.74. The predicted octanol–water partition coefficient (Wildman–Crippen LogP) is 5.34. The number of benzene rings is 2. The standard InChI is InChI=1S/C25H25BrFN5O2.C5H11N.C2H3N/c1-16(27)24(33)31-13-11-30(12-14-31)23-18-9-10-32(15-20(18)28-25(29-23)34-2)21-8-4-6-17-5-3-7-19(26)22(17)21;1-6-4-2-3-5-6;1-2-3/h3-8H,1,9-15H2,2H3;2-5H2,1H3;1H3. The second-order valence-electron chi connectivity index (χ2n) is 10.7. The summed E-state index contributed by atoms with van der Waals surface area (Å²) in [4.78, 5) is 29.6. The van der Waals surface area contributed by atoms with E-state index in [1.54, 1.807) is 13.2 Å². The van der Waals surface area contributed by atoms with Gasteiger partial charge in [-0.15, -0.1) is 0 Å². The molecular formula is C32H39BrFN7O2. The first-order valence-corrected chi connectivity index (χ1v) is 15.3. The van der Waals surface area contributed by atoms with Gasteiger partial charge in [-0.3, -0.25) is 4.79 Å². The van der Waals surface area contributed by atoms with Crippen molar-refractivity contribution in [2.45, 2.75) is 32.7 Å². The van der Waals surface area contributed by atoms with E-state index in [0.29, 0.717) is 38.7 Å². The molecule has 1 aromatic heterocycles. The predicted molar refractivity (Wildman–Crippen MR) is 172 cm³/mol. The summed E-state index contributed by atoms with van der Waals surface area (Å²) in [5.74, 6) is -0.722. The number of fused-ring (bicyclic) bond motifs is 2. The molecule has 228 valence electrons. The lowest BCUT2D eigenvalue weighted by atomic mass is 10.0. The largest absolute Gasteiger partial charge is 0.467 e. The van der Waals surface area contributed by atoms with Crippen molar-refractivity contribution in [2.24, 2.45) is 0 Å². The van der Waals surface area contributed by atoms with Crippen LogP contribution in [0.25, 0.3) is 10.8 Å². The molecule has 6 rings (SSSR count). The van der Waals surface area contributed by atoms with E-state index in [9.17, 15) is 9.18 Å². The molecule has 3 aliphatic rings. The van der Waals surface area contributed by atoms with Crippen LogP contribution in [0.15, 0.2) is 53.3 Å². The van der Waals surface area contributed by atoms with Crippen LogP contribution in [-0.2, 0) is 17.8 Å². The number of hydrogen-bond donors (Lipinski definition) is 0. The molecule has 0 spiro atoms. The Morgan fingerprint density at radius 1 is 1.02 bits per heavy atom. The van der Waals surface area contributed by atoms with Gasteiger partial charge in [0.15, 0.2) is 5.83 Å². The normalized spacial score (nSPS) is 16.3. The van der Waals surface area contributed by atoms with Gasteiger partial charge in [0, 0.05) is 60.8 Å². The third-order valence-corrected chi connectivity index (χ3v) is 8.47. The highest BCUT2D eigenvalue weighted by atomic mass is 79.9. The number of carbonyl (C=O) groups is 1. The van der Waals surface area contributed by atoms with E-state index >= 15 is 0 Å². The zero-order valence-corrected chi connectivity index (χ0v) is 26.7. The molecule has 2 aromatic carbocycles. The molecule has 0 bridgehead atoms. The highest BCUT2D eigenvalue weighted by molar-refractivity contribution is 9.10. The topological polar surface area (TPSA) is 88.8 Å². The van der Waals surface area contributed by atoms with E-state index in [0.717, 1.165) is 40.2 Å². The second-order valence-corrected chi connectivity index (χ2v) is 11.5. The summed E-state index contributed by atoms with van der Waals surface area (Å²) >= 11 is 3.72. The molecular weight excluding hydrogens is 613 g/mol. The van der Waals surface area contributed by atoms with Crippen molar-refractivity contribution in [3.8, 4) is 12.1 Å². The van der Waals surface area contributed by atoms with Gasteiger partial charge >= 0.3 is 6.01 Å². The smallest absolute Gasteiger partial charge is 0.318 e. The van der Waals surface area contributed by atoms with E-state index < -0.39 is 11.7 Å². The molecule has 0 radical (unpaired) electrons. The van der Waals surface area contributed by atoms with Gasteiger partial charge in [0.2, 0.25) is 0 Å². The third-order valence-electron chi connectivity index (χ3n) is 7.81. The van der Waals surface area contributed by atoms with Gasteiger partial charge in [0.05, 0.1) is 25.4 Å². The average Bonchev–Trinajstić information content (AvgIpc) is 3.51. The minimum Gasteiger partial charge on any atom is -0.467 e. The fourth-order valence-corrected chi connectivity index (χ4v) is 6.24. The van der Waals surface area contributed by atoms with Gasteiger partial charge in [-0.2, -0.15) is 15.2 Å². The van der Waals surface area contributed by atoms with Crippen LogP contribution in [-0.4, -0.2) is 85.6 Å². The highest BCUT2D eigenvalue weighted by Crippen LogP contribution is 2.37. The van der Waals surface area contributed by atoms with Crippen LogP contribution in [0.5, 0.6) is 6.01 Å². The Morgan fingerprint density at radius 2 is 1.67 bits per heavy atom. The number of likely N-dealkylation sites (tertiary alicyclic amines) is 1. The van der Waals surface area contributed by atoms with Gasteiger partial charge in [0.1, 0.15) is 5.82 Å². The Kier molecular flexibility index (Phi) is 11.3. The van der Waals surface area contributed by atoms with E-state index in [1.165, 1.54) is 48.5 Å². The average molecular weight is 653 g/mol. The number of methoxy groups -OCH3 is 1. The highest BCUT2D eigenvalue weighted by Gasteiger charge is 2.29. The maximum Gasteiger partial charge on any atom is 0.318 e. The number of nitriles is 1. The zero-order valence-electron chi connectivity index (χ0n) is 25.2. The number of amides is 1. The zero-order chi connectivity index (χ0) is 30.9. The van der Waals surface area contributed by atoms with Crippen LogP contribution < -0.4 is 14.5 Å². The van der Waals surface area contributed by atoms with Crippen LogP contribution in [0.2, 0.25) is 0 Å². The lowest BCUT2D eigenvalue weighted by Gasteiger charge is -2.38. The number of rotatable bonds is 4. The molecule has 2 fully saturated rings. The number of ether oxygens (including phenoxy) is 1. The molecule has 3 aromatic rings. The molecule has 0 unspecified atom stereocenters. The number of hydrogen-bond acceptors (Lipinski definition) is 8. The number of carbonyl (C=O) groups excluding carboxylic acids is 1. The van der Waals surface area contributed by atoms with Crippen LogP contribution in [0.1, 0.15) is 31.0 Å². The third kappa shape index (κ3) is 7.80. The minimum absolute atomic E-state index is 0.324. The summed E-state index contributed by atoms with van der Waals surface area (Å²) in [5, 5.41) is 9.69. The molecule has 43 heavy (non-hydrogen) atoms. The van der Waals surface area contributed by atoms with Crippen molar-refractivity contribution in [3.63, 3.8) is 0 Å². The summed E-state index contributed by atoms with van der Waals surface area (Å²) in [6.07, 6.45) is 3.61. The summed E-state index contributed by atoms with van der Waals surface area (Å²) in [6.45, 7) is 10.6. The Morgan fingerprint density at radius 3 is 2.26 bits per heavy atom. The first-order chi connectivity index (χ1) is 20.8. The van der Waals surface area contributed by atoms with Crippen LogP contribution in [0.4, 0.5) is 15.9 Å². The first kappa shape index (κ1) is 32.2. The number of anilines is 2. The van der Waals surface area contributed by atoms with Crippen LogP contribution in [0, 0.1) is 11.3 Å². The van der Waals surface area contributed by atoms with Crippen molar-refractivity contribution in [1.82, 2.24) is 19.8 Å². The Hall–Kier alpha value is -3.75. The van der Waals surface area contributed by atoms with Crippen molar-refractivity contribution >= 4 is 44.1 Å². The Labute approximate surface area is 261 Å². The number of piperazine rings is 1. The number of aromatic nitrogens is 2. The van der Waals surface area contributed by atoms with E-state index in [4.69, 9.17) is 15.0 Å².